The van der Waals surface area contributed by atoms with Crippen molar-refractivity contribution in [1.82, 2.24) is 0 Å². The van der Waals surface area contributed by atoms with E-state index < -0.39 is 0 Å². The van der Waals surface area contributed by atoms with Crippen LogP contribution in [-0.2, 0) is 9.47 Å². The molecule has 0 aromatic carbocycles. The standard InChI is InChI=1S/C6H14NO2.Li/c1-3-8-5-7-6-9-4-2;/h3-6H2,1-2H3;/q-1;+1. The van der Waals surface area contributed by atoms with Crippen LogP contribution in [0.2, 0.25) is 0 Å². The molecule has 0 saturated heterocycles. The Morgan fingerprint density at radius 3 is 1.70 bits per heavy atom. The molecular weight excluding hydrogens is 125 g/mol. The molecule has 0 saturated carbocycles. The van der Waals surface area contributed by atoms with Gasteiger partial charge in [-0.25, -0.2) is 0 Å². The zero-order valence-electron chi connectivity index (χ0n) is 7.09. The van der Waals surface area contributed by atoms with Crippen LogP contribution in [-0.4, -0.2) is 26.7 Å². The van der Waals surface area contributed by atoms with E-state index in [1.807, 2.05) is 13.8 Å². The second kappa shape index (κ2) is 12.2. The van der Waals surface area contributed by atoms with Gasteiger partial charge in [-0.1, -0.05) is 0 Å². The Balaban J connectivity index is 0. The molecule has 0 fully saturated rings. The minimum absolute atomic E-state index is 0. The maximum absolute atomic E-state index is 4.93. The van der Waals surface area contributed by atoms with Crippen molar-refractivity contribution < 1.29 is 28.3 Å². The summed E-state index contributed by atoms with van der Waals surface area (Å²) in [4.78, 5) is 0. The Labute approximate surface area is 74.6 Å². The van der Waals surface area contributed by atoms with Gasteiger partial charge < -0.3 is 14.8 Å². The van der Waals surface area contributed by atoms with E-state index in [1.54, 1.807) is 0 Å². The molecule has 0 rings (SSSR count). The van der Waals surface area contributed by atoms with Crippen molar-refractivity contribution in [2.45, 2.75) is 13.8 Å². The van der Waals surface area contributed by atoms with E-state index in [1.165, 1.54) is 0 Å². The third kappa shape index (κ3) is 11.3. The number of ether oxygens (including phenoxy) is 2. The second-order valence-corrected chi connectivity index (χ2v) is 1.47. The van der Waals surface area contributed by atoms with Gasteiger partial charge in [0.15, 0.2) is 0 Å². The fourth-order valence-electron chi connectivity index (χ4n) is 0.349. The van der Waals surface area contributed by atoms with E-state index in [4.69, 9.17) is 9.47 Å². The first-order chi connectivity index (χ1) is 4.41. The Bertz CT molecular complexity index is 49.0. The predicted octanol–water partition coefficient (Wildman–Crippen LogP) is -1.65. The molecule has 0 radical (unpaired) electrons. The molecule has 0 aliphatic rings. The van der Waals surface area contributed by atoms with Crippen molar-refractivity contribution in [1.29, 1.82) is 0 Å². The fraction of sp³-hybridized carbons (Fsp3) is 1.00. The smallest absolute Gasteiger partial charge is 0.617 e. The first kappa shape index (κ1) is 13.1. The molecule has 0 N–H and O–H groups in total. The van der Waals surface area contributed by atoms with Gasteiger partial charge >= 0.3 is 18.9 Å². The molecule has 0 unspecified atom stereocenters. The summed E-state index contributed by atoms with van der Waals surface area (Å²) in [5.41, 5.74) is 0. The summed E-state index contributed by atoms with van der Waals surface area (Å²) < 4.78 is 9.87. The van der Waals surface area contributed by atoms with E-state index in [-0.39, 0.29) is 18.9 Å². The van der Waals surface area contributed by atoms with E-state index in [0.717, 1.165) is 13.2 Å². The van der Waals surface area contributed by atoms with Gasteiger partial charge in [0.05, 0.1) is 0 Å². The summed E-state index contributed by atoms with van der Waals surface area (Å²) in [5, 5.41) is 3.91. The van der Waals surface area contributed by atoms with Crippen molar-refractivity contribution in [3.63, 3.8) is 0 Å². The van der Waals surface area contributed by atoms with Crippen molar-refractivity contribution >= 4 is 0 Å². The van der Waals surface area contributed by atoms with Crippen LogP contribution in [0.5, 0.6) is 0 Å². The molecule has 3 nitrogen and oxygen atoms in total. The number of nitrogens with zero attached hydrogens (tertiary/aromatic N) is 1. The molecule has 0 amide bonds. The molecule has 0 atom stereocenters. The normalized spacial score (nSPS) is 9.00. The third-order valence-corrected chi connectivity index (χ3v) is 0.773. The molecule has 0 spiro atoms. The molecule has 4 heteroatoms. The zero-order chi connectivity index (χ0) is 6.95. The van der Waals surface area contributed by atoms with Gasteiger partial charge in [-0.2, -0.15) is 0 Å². The van der Waals surface area contributed by atoms with Gasteiger partial charge in [-0.15, -0.1) is 0 Å². The minimum atomic E-state index is 0. The average molecular weight is 139 g/mol. The summed E-state index contributed by atoms with van der Waals surface area (Å²) in [6, 6.07) is 0. The van der Waals surface area contributed by atoms with Crippen LogP contribution < -0.4 is 18.9 Å². The fourth-order valence-corrected chi connectivity index (χ4v) is 0.349. The second-order valence-electron chi connectivity index (χ2n) is 1.47. The zero-order valence-corrected chi connectivity index (χ0v) is 7.09. The summed E-state index contributed by atoms with van der Waals surface area (Å²) in [7, 11) is 0. The van der Waals surface area contributed by atoms with Gasteiger partial charge in [-0.3, -0.25) is 0 Å². The molecule has 10 heavy (non-hydrogen) atoms. The van der Waals surface area contributed by atoms with Crippen molar-refractivity contribution in [2.75, 3.05) is 26.7 Å². The quantitative estimate of drug-likeness (QED) is 0.326. The number of rotatable bonds is 6. The average Bonchev–Trinajstić information content (AvgIpc) is 1.89. The van der Waals surface area contributed by atoms with Crippen LogP contribution in [0.15, 0.2) is 0 Å². The predicted molar refractivity (Wildman–Crippen MR) is 36.3 cm³/mol. The van der Waals surface area contributed by atoms with Gasteiger partial charge in [0.25, 0.3) is 0 Å². The molecule has 0 heterocycles. The first-order valence-electron chi connectivity index (χ1n) is 3.20. The van der Waals surface area contributed by atoms with E-state index in [2.05, 4.69) is 5.32 Å². The van der Waals surface area contributed by atoms with Gasteiger partial charge in [-0.05, 0) is 27.3 Å². The molecule has 0 aromatic rings. The maximum Gasteiger partial charge on any atom is 1.00 e. The monoisotopic (exact) mass is 139 g/mol. The molecule has 0 aromatic heterocycles. The first-order valence-corrected chi connectivity index (χ1v) is 3.20. The van der Waals surface area contributed by atoms with E-state index in [0.29, 0.717) is 13.5 Å². The minimum Gasteiger partial charge on any atom is -0.617 e. The van der Waals surface area contributed by atoms with Crippen LogP contribution in [0, 0.1) is 0 Å². The summed E-state index contributed by atoms with van der Waals surface area (Å²) in [6.07, 6.45) is 0. The van der Waals surface area contributed by atoms with E-state index >= 15 is 0 Å². The Morgan fingerprint density at radius 1 is 1.00 bits per heavy atom. The maximum atomic E-state index is 4.93. The van der Waals surface area contributed by atoms with Gasteiger partial charge in [0, 0.05) is 13.2 Å². The van der Waals surface area contributed by atoms with Crippen LogP contribution in [0.25, 0.3) is 5.32 Å². The number of hydrogen-bond donors (Lipinski definition) is 0. The summed E-state index contributed by atoms with van der Waals surface area (Å²) in [5.74, 6) is 0. The van der Waals surface area contributed by atoms with Crippen molar-refractivity contribution in [2.24, 2.45) is 0 Å². The number of hydrogen-bond acceptors (Lipinski definition) is 2. The Morgan fingerprint density at radius 2 is 1.40 bits per heavy atom. The molecule has 0 bridgehead atoms. The largest absolute Gasteiger partial charge is 1.00 e. The third-order valence-electron chi connectivity index (χ3n) is 0.773. The molecule has 56 valence electrons. The van der Waals surface area contributed by atoms with Crippen LogP contribution >= 0.6 is 0 Å². The molecule has 0 aliphatic heterocycles. The molecule has 0 aliphatic carbocycles. The van der Waals surface area contributed by atoms with Crippen molar-refractivity contribution in [3.8, 4) is 0 Å². The van der Waals surface area contributed by atoms with Crippen LogP contribution in [0.1, 0.15) is 13.8 Å². The Kier molecular flexibility index (Phi) is 16.0. The summed E-state index contributed by atoms with van der Waals surface area (Å²) >= 11 is 0. The molecular formula is C6H14LiNO2. The van der Waals surface area contributed by atoms with Crippen molar-refractivity contribution in [3.05, 3.63) is 5.32 Å². The summed E-state index contributed by atoms with van der Waals surface area (Å²) in [6.45, 7) is 6.23. The van der Waals surface area contributed by atoms with Crippen LogP contribution in [0.4, 0.5) is 0 Å². The SMILES string of the molecule is CCOC[N-]COCC.[Li+]. The van der Waals surface area contributed by atoms with Gasteiger partial charge in [0.1, 0.15) is 0 Å². The Hall–Kier alpha value is 0.477. The van der Waals surface area contributed by atoms with Gasteiger partial charge in [0.2, 0.25) is 0 Å². The topological polar surface area (TPSA) is 32.6 Å². The van der Waals surface area contributed by atoms with Crippen LogP contribution in [0.3, 0.4) is 0 Å². The van der Waals surface area contributed by atoms with E-state index in [9.17, 15) is 0 Å².